The lowest BCUT2D eigenvalue weighted by molar-refractivity contribution is -0.123. The van der Waals surface area contributed by atoms with Crippen LogP contribution in [0.3, 0.4) is 0 Å². The Kier molecular flexibility index (Phi) is 4.81. The third-order valence-electron chi connectivity index (χ3n) is 3.19. The van der Waals surface area contributed by atoms with Gasteiger partial charge in [0.15, 0.2) is 5.78 Å². The van der Waals surface area contributed by atoms with Crippen molar-refractivity contribution in [2.24, 2.45) is 5.41 Å². The fraction of sp³-hybridized carbons (Fsp3) is 0.222. The zero-order valence-electron chi connectivity index (χ0n) is 12.8. The molecule has 2 aromatic carbocycles. The first kappa shape index (κ1) is 16.4. The number of hydrogen-bond donors (Lipinski definition) is 1. The van der Waals surface area contributed by atoms with Crippen LogP contribution in [0.1, 0.15) is 36.7 Å². The Bertz CT molecular complexity index is 703. The summed E-state index contributed by atoms with van der Waals surface area (Å²) in [5.74, 6) is -0.247. The van der Waals surface area contributed by atoms with Crippen molar-refractivity contribution in [2.75, 3.05) is 5.32 Å². The summed E-state index contributed by atoms with van der Waals surface area (Å²) in [7, 11) is 0. The van der Waals surface area contributed by atoms with Gasteiger partial charge in [-0.1, -0.05) is 67.0 Å². The summed E-state index contributed by atoms with van der Waals surface area (Å²) in [6.07, 6.45) is 0. The maximum atomic E-state index is 12.7. The number of carbonyl (C=O) groups is 2. The van der Waals surface area contributed by atoms with E-state index in [1.165, 1.54) is 0 Å². The predicted molar refractivity (Wildman–Crippen MR) is 92.1 cm³/mol. The van der Waals surface area contributed by atoms with Gasteiger partial charge < -0.3 is 5.32 Å². The summed E-state index contributed by atoms with van der Waals surface area (Å²) in [5.41, 5.74) is 1.06. The Morgan fingerprint density at radius 3 is 2.23 bits per heavy atom. The molecule has 0 saturated carbocycles. The molecule has 0 aliphatic rings. The molecule has 2 rings (SSSR count). The summed E-state index contributed by atoms with van der Waals surface area (Å²) in [6.45, 7) is 5.50. The van der Waals surface area contributed by atoms with Gasteiger partial charge in [0, 0.05) is 21.0 Å². The number of anilines is 1. The van der Waals surface area contributed by atoms with Crippen LogP contribution in [0.5, 0.6) is 0 Å². The van der Waals surface area contributed by atoms with Gasteiger partial charge in [0.1, 0.15) is 0 Å². The largest absolute Gasteiger partial charge is 0.325 e. The molecule has 0 saturated heterocycles. The Morgan fingerprint density at radius 2 is 1.64 bits per heavy atom. The number of halogens is 1. The topological polar surface area (TPSA) is 46.2 Å². The fourth-order valence-corrected chi connectivity index (χ4v) is 2.23. The molecule has 1 N–H and O–H groups in total. The predicted octanol–water partition coefficient (Wildman–Crippen LogP) is 4.66. The third-order valence-corrected chi connectivity index (χ3v) is 3.68. The van der Waals surface area contributed by atoms with Crippen LogP contribution in [0.2, 0.25) is 0 Å². The number of ketones is 1. The average Bonchev–Trinajstić information content (AvgIpc) is 2.48. The van der Waals surface area contributed by atoms with Gasteiger partial charge in [-0.2, -0.15) is 0 Å². The molecule has 0 spiro atoms. The summed E-state index contributed by atoms with van der Waals surface area (Å²) in [6, 6.07) is 14.3. The van der Waals surface area contributed by atoms with E-state index in [-0.39, 0.29) is 11.7 Å². The van der Waals surface area contributed by atoms with Crippen molar-refractivity contribution >= 4 is 33.3 Å². The molecule has 0 atom stereocenters. The lowest BCUT2D eigenvalue weighted by atomic mass is 9.95. The molecule has 0 bridgehead atoms. The first-order valence-corrected chi connectivity index (χ1v) is 7.79. The summed E-state index contributed by atoms with van der Waals surface area (Å²) >= 11 is 3.38. The van der Waals surface area contributed by atoms with Crippen LogP contribution in [-0.2, 0) is 4.79 Å². The molecule has 114 valence electrons. The van der Waals surface area contributed by atoms with E-state index < -0.39 is 5.41 Å². The van der Waals surface area contributed by atoms with Gasteiger partial charge in [0.2, 0.25) is 5.91 Å². The molecule has 0 aliphatic heterocycles. The fourth-order valence-electron chi connectivity index (χ4n) is 1.87. The van der Waals surface area contributed by atoms with Crippen molar-refractivity contribution in [1.82, 2.24) is 0 Å². The lowest BCUT2D eigenvalue weighted by Crippen LogP contribution is -2.28. The number of hydrogen-bond acceptors (Lipinski definition) is 2. The third kappa shape index (κ3) is 3.83. The van der Waals surface area contributed by atoms with Crippen LogP contribution in [-0.4, -0.2) is 11.7 Å². The zero-order chi connectivity index (χ0) is 16.3. The van der Waals surface area contributed by atoms with Crippen LogP contribution in [0.15, 0.2) is 53.0 Å². The van der Waals surface area contributed by atoms with Crippen LogP contribution in [0.25, 0.3) is 0 Å². The Labute approximate surface area is 138 Å². The van der Waals surface area contributed by atoms with E-state index >= 15 is 0 Å². The maximum Gasteiger partial charge on any atom is 0.229 e. The minimum absolute atomic E-state index is 0.119. The van der Waals surface area contributed by atoms with Gasteiger partial charge in [0.25, 0.3) is 0 Å². The second kappa shape index (κ2) is 6.44. The van der Waals surface area contributed by atoms with Gasteiger partial charge in [0.05, 0.1) is 5.69 Å². The molecule has 0 radical (unpaired) electrons. The van der Waals surface area contributed by atoms with E-state index in [9.17, 15) is 9.59 Å². The van der Waals surface area contributed by atoms with Gasteiger partial charge in [-0.3, -0.25) is 9.59 Å². The van der Waals surface area contributed by atoms with E-state index in [1.807, 2.05) is 39.0 Å². The van der Waals surface area contributed by atoms with Gasteiger partial charge in [-0.05, 0) is 18.2 Å². The number of carbonyl (C=O) groups excluding carboxylic acids is 2. The van der Waals surface area contributed by atoms with Crippen LogP contribution >= 0.6 is 15.9 Å². The Morgan fingerprint density at radius 1 is 1.00 bits per heavy atom. The van der Waals surface area contributed by atoms with Crippen molar-refractivity contribution in [3.8, 4) is 0 Å². The average molecular weight is 360 g/mol. The molecule has 0 aliphatic carbocycles. The number of amides is 1. The highest BCUT2D eigenvalue weighted by molar-refractivity contribution is 9.10. The number of rotatable bonds is 3. The molecule has 3 nitrogen and oxygen atoms in total. The van der Waals surface area contributed by atoms with Crippen molar-refractivity contribution in [3.05, 3.63) is 64.1 Å². The van der Waals surface area contributed by atoms with Gasteiger partial charge in [-0.15, -0.1) is 0 Å². The first-order chi connectivity index (χ1) is 10.3. The Balaban J connectivity index is 2.41. The standard InChI is InChI=1S/C18H18BrNO2/c1-18(2,3)17(22)20-15-10-9-13(19)11-14(15)16(21)12-7-5-4-6-8-12/h4-11H,1-3H3,(H,20,22). The van der Waals surface area contributed by atoms with Crippen molar-refractivity contribution in [2.45, 2.75) is 20.8 Å². The quantitative estimate of drug-likeness (QED) is 0.809. The van der Waals surface area contributed by atoms with E-state index in [0.29, 0.717) is 16.8 Å². The molecule has 0 aromatic heterocycles. The van der Waals surface area contributed by atoms with E-state index in [0.717, 1.165) is 4.47 Å². The highest BCUT2D eigenvalue weighted by Gasteiger charge is 2.23. The second-order valence-corrected chi connectivity index (χ2v) is 7.00. The minimum Gasteiger partial charge on any atom is -0.325 e. The molecule has 0 fully saturated rings. The summed E-state index contributed by atoms with van der Waals surface area (Å²) in [4.78, 5) is 24.9. The molecule has 4 heteroatoms. The van der Waals surface area contributed by atoms with E-state index in [4.69, 9.17) is 0 Å². The monoisotopic (exact) mass is 359 g/mol. The number of nitrogens with one attached hydrogen (secondary N) is 1. The number of benzene rings is 2. The first-order valence-electron chi connectivity index (χ1n) is 7.00. The lowest BCUT2D eigenvalue weighted by Gasteiger charge is -2.19. The van der Waals surface area contributed by atoms with Crippen LogP contribution in [0.4, 0.5) is 5.69 Å². The summed E-state index contributed by atoms with van der Waals surface area (Å²) < 4.78 is 0.792. The molecule has 0 heterocycles. The van der Waals surface area contributed by atoms with Crippen molar-refractivity contribution < 1.29 is 9.59 Å². The second-order valence-electron chi connectivity index (χ2n) is 6.09. The maximum absolute atomic E-state index is 12.7. The van der Waals surface area contributed by atoms with Crippen molar-refractivity contribution in [3.63, 3.8) is 0 Å². The van der Waals surface area contributed by atoms with Crippen molar-refractivity contribution in [1.29, 1.82) is 0 Å². The summed E-state index contributed by atoms with van der Waals surface area (Å²) in [5, 5.41) is 2.85. The molecule has 2 aromatic rings. The normalized spacial score (nSPS) is 11.1. The molecule has 22 heavy (non-hydrogen) atoms. The van der Waals surface area contributed by atoms with Crippen LogP contribution < -0.4 is 5.32 Å². The Hall–Kier alpha value is -1.94. The zero-order valence-corrected chi connectivity index (χ0v) is 14.4. The smallest absolute Gasteiger partial charge is 0.229 e. The van der Waals surface area contributed by atoms with Gasteiger partial charge >= 0.3 is 0 Å². The molecular formula is C18H18BrNO2. The SMILES string of the molecule is CC(C)(C)C(=O)Nc1ccc(Br)cc1C(=O)c1ccccc1. The van der Waals surface area contributed by atoms with Crippen LogP contribution in [0, 0.1) is 5.41 Å². The molecule has 1 amide bonds. The highest BCUT2D eigenvalue weighted by atomic mass is 79.9. The molecule has 0 unspecified atom stereocenters. The van der Waals surface area contributed by atoms with Gasteiger partial charge in [-0.25, -0.2) is 0 Å². The van der Waals surface area contributed by atoms with E-state index in [1.54, 1.807) is 30.3 Å². The highest BCUT2D eigenvalue weighted by Crippen LogP contribution is 2.26. The van der Waals surface area contributed by atoms with E-state index in [2.05, 4.69) is 21.2 Å². The minimum atomic E-state index is -0.528. The molecular weight excluding hydrogens is 342 g/mol.